The Kier molecular flexibility index (Phi) is 9.91. The van der Waals surface area contributed by atoms with Crippen molar-refractivity contribution in [3.8, 4) is 5.75 Å². The lowest BCUT2D eigenvalue weighted by Gasteiger charge is -2.31. The predicted octanol–water partition coefficient (Wildman–Crippen LogP) is 2.60. The van der Waals surface area contributed by atoms with E-state index in [0.717, 1.165) is 30.6 Å². The molecule has 36 heavy (non-hydrogen) atoms. The van der Waals surface area contributed by atoms with E-state index in [4.69, 9.17) is 13.9 Å². The number of nitrogens with zero attached hydrogens (tertiary/aromatic N) is 1. The maximum absolute atomic E-state index is 13.5. The molecule has 3 rings (SSSR count). The molecule has 1 saturated carbocycles. The summed E-state index contributed by atoms with van der Waals surface area (Å²) in [5, 5.41) is 5.51. The normalized spacial score (nSPS) is 14.1. The highest BCUT2D eigenvalue weighted by molar-refractivity contribution is 5.96. The molecule has 1 aromatic carbocycles. The molecule has 1 atom stereocenters. The van der Waals surface area contributed by atoms with Gasteiger partial charge in [0.2, 0.25) is 11.8 Å². The van der Waals surface area contributed by atoms with Crippen LogP contribution in [0.5, 0.6) is 5.75 Å². The minimum absolute atomic E-state index is 0.000832. The molecule has 3 amide bonds. The van der Waals surface area contributed by atoms with Gasteiger partial charge in [-0.2, -0.15) is 0 Å². The van der Waals surface area contributed by atoms with Crippen LogP contribution in [0.1, 0.15) is 61.7 Å². The summed E-state index contributed by atoms with van der Waals surface area (Å²) in [5.41, 5.74) is 0.504. The molecule has 1 fully saturated rings. The fraction of sp³-hybridized carbons (Fsp3) is 0.462. The molecule has 1 unspecified atom stereocenters. The summed E-state index contributed by atoms with van der Waals surface area (Å²) >= 11 is 0. The molecular weight excluding hydrogens is 466 g/mol. The van der Waals surface area contributed by atoms with Crippen molar-refractivity contribution < 1.29 is 33.1 Å². The molecular formula is C26H33N3O7. The van der Waals surface area contributed by atoms with Crippen molar-refractivity contribution in [2.45, 2.75) is 51.6 Å². The summed E-state index contributed by atoms with van der Waals surface area (Å²) in [6, 6.07) is 8.71. The summed E-state index contributed by atoms with van der Waals surface area (Å²) in [4.78, 5) is 52.8. The third-order valence-corrected chi connectivity index (χ3v) is 5.84. The van der Waals surface area contributed by atoms with Gasteiger partial charge in [0, 0.05) is 6.04 Å². The quantitative estimate of drug-likeness (QED) is 0.430. The van der Waals surface area contributed by atoms with Crippen molar-refractivity contribution in [2.24, 2.45) is 0 Å². The summed E-state index contributed by atoms with van der Waals surface area (Å²) in [7, 11) is 0. The van der Waals surface area contributed by atoms with Gasteiger partial charge in [-0.3, -0.25) is 19.2 Å². The Morgan fingerprint density at radius 2 is 1.78 bits per heavy atom. The largest absolute Gasteiger partial charge is 0.494 e. The van der Waals surface area contributed by atoms with E-state index >= 15 is 0 Å². The van der Waals surface area contributed by atoms with Crippen molar-refractivity contribution in [1.82, 2.24) is 15.5 Å². The Morgan fingerprint density at radius 1 is 1.06 bits per heavy atom. The van der Waals surface area contributed by atoms with Gasteiger partial charge >= 0.3 is 5.97 Å². The van der Waals surface area contributed by atoms with Crippen LogP contribution < -0.4 is 15.4 Å². The zero-order valence-corrected chi connectivity index (χ0v) is 20.7. The summed E-state index contributed by atoms with van der Waals surface area (Å²) < 4.78 is 15.6. The molecule has 0 radical (unpaired) electrons. The second-order valence-electron chi connectivity index (χ2n) is 8.38. The number of hydrogen-bond acceptors (Lipinski definition) is 7. The van der Waals surface area contributed by atoms with E-state index in [1.165, 1.54) is 12.3 Å². The van der Waals surface area contributed by atoms with E-state index in [1.807, 2.05) is 6.92 Å². The molecule has 1 heterocycles. The SMILES string of the molecule is CCOC(=O)CN(C(=O)CNC(=O)c1ccco1)C(C(=O)NC1CCCC1)c1ccc(OCC)cc1. The van der Waals surface area contributed by atoms with Crippen LogP contribution in [-0.4, -0.2) is 60.9 Å². The van der Waals surface area contributed by atoms with Gasteiger partial charge in [-0.25, -0.2) is 0 Å². The maximum atomic E-state index is 13.5. The molecule has 194 valence electrons. The number of carbonyl (C=O) groups excluding carboxylic acids is 4. The van der Waals surface area contributed by atoms with Gasteiger partial charge < -0.3 is 29.4 Å². The Labute approximate surface area is 210 Å². The number of ether oxygens (including phenoxy) is 2. The molecule has 10 heteroatoms. The average molecular weight is 500 g/mol. The molecule has 0 bridgehead atoms. The first kappa shape index (κ1) is 26.8. The highest BCUT2D eigenvalue weighted by atomic mass is 16.5. The lowest BCUT2D eigenvalue weighted by molar-refractivity contribution is -0.152. The predicted molar refractivity (Wildman–Crippen MR) is 130 cm³/mol. The Hall–Kier alpha value is -3.82. The van der Waals surface area contributed by atoms with Gasteiger partial charge in [0.25, 0.3) is 5.91 Å². The van der Waals surface area contributed by atoms with E-state index in [9.17, 15) is 19.2 Å². The van der Waals surface area contributed by atoms with Crippen LogP contribution in [0.3, 0.4) is 0 Å². The molecule has 1 aromatic heterocycles. The van der Waals surface area contributed by atoms with Gasteiger partial charge in [0.15, 0.2) is 5.76 Å². The number of amides is 3. The van der Waals surface area contributed by atoms with Crippen LogP contribution in [0.15, 0.2) is 47.1 Å². The molecule has 10 nitrogen and oxygen atoms in total. The summed E-state index contributed by atoms with van der Waals surface area (Å²) in [6.45, 7) is 3.22. The first-order valence-corrected chi connectivity index (χ1v) is 12.2. The molecule has 0 spiro atoms. The van der Waals surface area contributed by atoms with E-state index in [2.05, 4.69) is 10.6 Å². The zero-order chi connectivity index (χ0) is 25.9. The van der Waals surface area contributed by atoms with Crippen LogP contribution >= 0.6 is 0 Å². The number of carbonyl (C=O) groups is 4. The number of esters is 1. The Bertz CT molecular complexity index is 1010. The average Bonchev–Trinajstić information content (AvgIpc) is 3.58. The number of hydrogen-bond donors (Lipinski definition) is 2. The maximum Gasteiger partial charge on any atom is 0.325 e. The first-order valence-electron chi connectivity index (χ1n) is 12.2. The fourth-order valence-electron chi connectivity index (χ4n) is 4.16. The van der Waals surface area contributed by atoms with Crippen LogP contribution in [0.4, 0.5) is 0 Å². The van der Waals surface area contributed by atoms with Crippen molar-refractivity contribution >= 4 is 23.7 Å². The van der Waals surface area contributed by atoms with Gasteiger partial charge in [-0.05, 0) is 56.5 Å². The van der Waals surface area contributed by atoms with E-state index < -0.39 is 42.8 Å². The summed E-state index contributed by atoms with van der Waals surface area (Å²) in [6.07, 6.45) is 5.09. The zero-order valence-electron chi connectivity index (χ0n) is 20.7. The topological polar surface area (TPSA) is 127 Å². The van der Waals surface area contributed by atoms with Crippen LogP contribution in [0, 0.1) is 0 Å². The van der Waals surface area contributed by atoms with Crippen LogP contribution in [-0.2, 0) is 19.1 Å². The third kappa shape index (κ3) is 7.34. The second kappa shape index (κ2) is 13.3. The minimum Gasteiger partial charge on any atom is -0.494 e. The molecule has 2 N–H and O–H groups in total. The van der Waals surface area contributed by atoms with Gasteiger partial charge in [-0.1, -0.05) is 25.0 Å². The van der Waals surface area contributed by atoms with Crippen molar-refractivity contribution in [3.05, 3.63) is 54.0 Å². The number of nitrogens with one attached hydrogen (secondary N) is 2. The molecule has 0 saturated heterocycles. The summed E-state index contributed by atoms with van der Waals surface area (Å²) in [5.74, 6) is -1.61. The van der Waals surface area contributed by atoms with Gasteiger partial charge in [0.1, 0.15) is 18.3 Å². The van der Waals surface area contributed by atoms with E-state index in [-0.39, 0.29) is 18.4 Å². The van der Waals surface area contributed by atoms with Crippen LogP contribution in [0.2, 0.25) is 0 Å². The lowest BCUT2D eigenvalue weighted by atomic mass is 10.0. The third-order valence-electron chi connectivity index (χ3n) is 5.84. The van der Waals surface area contributed by atoms with Gasteiger partial charge in [0.05, 0.1) is 26.0 Å². The first-order chi connectivity index (χ1) is 17.4. The standard InChI is InChI=1S/C26H33N3O7/c1-3-34-20-13-11-18(12-14-20)24(26(33)28-19-8-5-6-9-19)29(17-23(31)35-4-2)22(30)16-27-25(32)21-10-7-15-36-21/h7,10-15,19,24H,3-6,8-9,16-17H2,1-2H3,(H,27,32)(H,28,33). The lowest BCUT2D eigenvalue weighted by Crippen LogP contribution is -2.50. The highest BCUT2D eigenvalue weighted by Gasteiger charge is 2.35. The van der Waals surface area contributed by atoms with Crippen LogP contribution in [0.25, 0.3) is 0 Å². The number of benzene rings is 1. The van der Waals surface area contributed by atoms with Crippen molar-refractivity contribution in [3.63, 3.8) is 0 Å². The molecule has 2 aromatic rings. The second-order valence-corrected chi connectivity index (χ2v) is 8.38. The Balaban J connectivity index is 1.88. The van der Waals surface area contributed by atoms with Gasteiger partial charge in [-0.15, -0.1) is 0 Å². The smallest absolute Gasteiger partial charge is 0.325 e. The number of furan rings is 1. The fourth-order valence-corrected chi connectivity index (χ4v) is 4.16. The number of rotatable bonds is 12. The monoisotopic (exact) mass is 499 g/mol. The van der Waals surface area contributed by atoms with Crippen molar-refractivity contribution in [2.75, 3.05) is 26.3 Å². The Morgan fingerprint density at radius 3 is 2.39 bits per heavy atom. The molecule has 0 aliphatic heterocycles. The van der Waals surface area contributed by atoms with E-state index in [0.29, 0.717) is 17.9 Å². The van der Waals surface area contributed by atoms with Crippen molar-refractivity contribution in [1.29, 1.82) is 0 Å². The molecule has 1 aliphatic carbocycles. The van der Waals surface area contributed by atoms with E-state index in [1.54, 1.807) is 37.3 Å². The minimum atomic E-state index is -1.11. The molecule has 1 aliphatic rings. The highest BCUT2D eigenvalue weighted by Crippen LogP contribution is 2.26.